The van der Waals surface area contributed by atoms with Crippen molar-refractivity contribution in [1.29, 1.82) is 0 Å². The molecular formula is C15H21ClN2O. The van der Waals surface area contributed by atoms with Gasteiger partial charge in [-0.15, -0.1) is 0 Å². The first-order valence-electron chi connectivity index (χ1n) is 6.85. The minimum Gasteiger partial charge on any atom is -0.349 e. The lowest BCUT2D eigenvalue weighted by atomic mass is 9.92. The van der Waals surface area contributed by atoms with Crippen LogP contribution in [-0.4, -0.2) is 25.0 Å². The SMILES string of the molecule is Cc1ccc(Cl)cc1C(=O)NC(C)C1CCCNC1. The molecule has 1 heterocycles. The normalized spacial score (nSPS) is 20.9. The van der Waals surface area contributed by atoms with Crippen LogP contribution in [0.3, 0.4) is 0 Å². The number of carbonyl (C=O) groups is 1. The minimum atomic E-state index is -0.0296. The number of carbonyl (C=O) groups excluding carboxylic acids is 1. The van der Waals surface area contributed by atoms with E-state index in [0.29, 0.717) is 16.5 Å². The van der Waals surface area contributed by atoms with E-state index in [0.717, 1.165) is 18.7 Å². The first-order chi connectivity index (χ1) is 9.08. The fraction of sp³-hybridized carbons (Fsp3) is 0.533. The first kappa shape index (κ1) is 14.4. The fourth-order valence-electron chi connectivity index (χ4n) is 2.55. The Morgan fingerprint density at radius 1 is 1.53 bits per heavy atom. The van der Waals surface area contributed by atoms with Crippen LogP contribution in [0.15, 0.2) is 18.2 Å². The number of amides is 1. The van der Waals surface area contributed by atoms with Crippen LogP contribution in [0.5, 0.6) is 0 Å². The highest BCUT2D eigenvalue weighted by molar-refractivity contribution is 6.31. The van der Waals surface area contributed by atoms with Gasteiger partial charge in [-0.05, 0) is 63.4 Å². The van der Waals surface area contributed by atoms with Crippen LogP contribution >= 0.6 is 11.6 Å². The van der Waals surface area contributed by atoms with Crippen LogP contribution in [0, 0.1) is 12.8 Å². The van der Waals surface area contributed by atoms with Gasteiger partial charge in [-0.1, -0.05) is 17.7 Å². The van der Waals surface area contributed by atoms with Gasteiger partial charge in [-0.2, -0.15) is 0 Å². The summed E-state index contributed by atoms with van der Waals surface area (Å²) in [5.41, 5.74) is 1.62. The molecule has 2 unspecified atom stereocenters. The molecular weight excluding hydrogens is 260 g/mol. The molecule has 1 fully saturated rings. The summed E-state index contributed by atoms with van der Waals surface area (Å²) < 4.78 is 0. The molecule has 0 radical (unpaired) electrons. The molecule has 1 amide bonds. The van der Waals surface area contributed by atoms with E-state index in [1.54, 1.807) is 6.07 Å². The van der Waals surface area contributed by atoms with Crippen LogP contribution in [0.1, 0.15) is 35.7 Å². The number of aryl methyl sites for hydroxylation is 1. The Bertz CT molecular complexity index is 455. The van der Waals surface area contributed by atoms with Crippen LogP contribution in [-0.2, 0) is 0 Å². The maximum absolute atomic E-state index is 12.3. The molecule has 2 N–H and O–H groups in total. The Morgan fingerprint density at radius 2 is 2.32 bits per heavy atom. The molecule has 1 aliphatic heterocycles. The largest absolute Gasteiger partial charge is 0.349 e. The molecule has 19 heavy (non-hydrogen) atoms. The highest BCUT2D eigenvalue weighted by atomic mass is 35.5. The van der Waals surface area contributed by atoms with E-state index in [1.807, 2.05) is 19.1 Å². The number of rotatable bonds is 3. The molecule has 1 aromatic carbocycles. The number of benzene rings is 1. The molecule has 104 valence electrons. The molecule has 0 saturated carbocycles. The second kappa shape index (κ2) is 6.40. The molecule has 2 rings (SSSR count). The summed E-state index contributed by atoms with van der Waals surface area (Å²) in [7, 11) is 0. The molecule has 2 atom stereocenters. The van der Waals surface area contributed by atoms with Gasteiger partial charge in [0.2, 0.25) is 0 Å². The number of halogens is 1. The minimum absolute atomic E-state index is 0.0296. The van der Waals surface area contributed by atoms with Crippen LogP contribution < -0.4 is 10.6 Å². The van der Waals surface area contributed by atoms with Gasteiger partial charge >= 0.3 is 0 Å². The Labute approximate surface area is 119 Å². The van der Waals surface area contributed by atoms with Crippen LogP contribution in [0.4, 0.5) is 0 Å². The molecule has 0 bridgehead atoms. The van der Waals surface area contributed by atoms with Crippen LogP contribution in [0.2, 0.25) is 5.02 Å². The standard InChI is InChI=1S/C15H21ClN2O/c1-10-5-6-13(16)8-14(10)15(19)18-11(2)12-4-3-7-17-9-12/h5-6,8,11-12,17H,3-4,7,9H2,1-2H3,(H,18,19). The molecule has 4 heteroatoms. The van der Waals surface area contributed by atoms with Gasteiger partial charge in [0, 0.05) is 16.6 Å². The molecule has 1 aliphatic rings. The highest BCUT2D eigenvalue weighted by Gasteiger charge is 2.22. The topological polar surface area (TPSA) is 41.1 Å². The average Bonchev–Trinajstić information content (AvgIpc) is 2.42. The number of hydrogen-bond acceptors (Lipinski definition) is 2. The van der Waals surface area contributed by atoms with Gasteiger partial charge in [0.05, 0.1) is 0 Å². The van der Waals surface area contributed by atoms with Gasteiger partial charge in [0.25, 0.3) is 5.91 Å². The lowest BCUT2D eigenvalue weighted by molar-refractivity contribution is 0.0921. The Morgan fingerprint density at radius 3 is 3.00 bits per heavy atom. The second-order valence-electron chi connectivity index (χ2n) is 5.33. The van der Waals surface area contributed by atoms with Crippen molar-refractivity contribution < 1.29 is 4.79 Å². The van der Waals surface area contributed by atoms with Crippen molar-refractivity contribution in [1.82, 2.24) is 10.6 Å². The monoisotopic (exact) mass is 280 g/mol. The number of piperidine rings is 1. The van der Waals surface area contributed by atoms with E-state index >= 15 is 0 Å². The van der Waals surface area contributed by atoms with Gasteiger partial charge in [-0.25, -0.2) is 0 Å². The average molecular weight is 281 g/mol. The van der Waals surface area contributed by atoms with Crippen molar-refractivity contribution in [2.75, 3.05) is 13.1 Å². The third kappa shape index (κ3) is 3.71. The maximum Gasteiger partial charge on any atom is 0.251 e. The van der Waals surface area contributed by atoms with Crippen molar-refractivity contribution >= 4 is 17.5 Å². The zero-order valence-corrected chi connectivity index (χ0v) is 12.3. The summed E-state index contributed by atoms with van der Waals surface area (Å²) in [5, 5.41) is 7.07. The van der Waals surface area contributed by atoms with E-state index in [4.69, 9.17) is 11.6 Å². The van der Waals surface area contributed by atoms with Crippen LogP contribution in [0.25, 0.3) is 0 Å². The van der Waals surface area contributed by atoms with Crippen molar-refractivity contribution in [2.24, 2.45) is 5.92 Å². The van der Waals surface area contributed by atoms with Gasteiger partial charge < -0.3 is 10.6 Å². The summed E-state index contributed by atoms with van der Waals surface area (Å²) in [5.74, 6) is 0.482. The maximum atomic E-state index is 12.3. The van der Waals surface area contributed by atoms with Gasteiger partial charge in [0.1, 0.15) is 0 Å². The quantitative estimate of drug-likeness (QED) is 0.894. The summed E-state index contributed by atoms with van der Waals surface area (Å²) in [6, 6.07) is 5.60. The zero-order chi connectivity index (χ0) is 13.8. The molecule has 0 aromatic heterocycles. The smallest absolute Gasteiger partial charge is 0.251 e. The number of nitrogens with one attached hydrogen (secondary N) is 2. The van der Waals surface area contributed by atoms with Crippen molar-refractivity contribution in [3.8, 4) is 0 Å². The second-order valence-corrected chi connectivity index (χ2v) is 5.76. The Balaban J connectivity index is 2.01. The summed E-state index contributed by atoms with van der Waals surface area (Å²) in [6.07, 6.45) is 2.35. The van der Waals surface area contributed by atoms with Gasteiger partial charge in [-0.3, -0.25) is 4.79 Å². The van der Waals surface area contributed by atoms with E-state index in [-0.39, 0.29) is 11.9 Å². The summed E-state index contributed by atoms with van der Waals surface area (Å²) in [4.78, 5) is 12.3. The van der Waals surface area contributed by atoms with Crippen molar-refractivity contribution in [3.63, 3.8) is 0 Å². The van der Waals surface area contributed by atoms with Crippen molar-refractivity contribution in [3.05, 3.63) is 34.3 Å². The molecule has 0 aliphatic carbocycles. The van der Waals surface area contributed by atoms with E-state index in [2.05, 4.69) is 17.6 Å². The predicted octanol–water partition coefficient (Wildman–Crippen LogP) is 2.77. The van der Waals surface area contributed by atoms with Gasteiger partial charge in [0.15, 0.2) is 0 Å². The Kier molecular flexibility index (Phi) is 4.83. The lowest BCUT2D eigenvalue weighted by Crippen LogP contribution is -2.44. The predicted molar refractivity (Wildman–Crippen MR) is 78.7 cm³/mol. The third-order valence-corrected chi connectivity index (χ3v) is 4.08. The first-order valence-corrected chi connectivity index (χ1v) is 7.23. The summed E-state index contributed by atoms with van der Waals surface area (Å²) in [6.45, 7) is 6.08. The van der Waals surface area contributed by atoms with E-state index < -0.39 is 0 Å². The fourth-order valence-corrected chi connectivity index (χ4v) is 2.72. The Hall–Kier alpha value is -1.06. The lowest BCUT2D eigenvalue weighted by Gasteiger charge is -2.29. The molecule has 1 aromatic rings. The van der Waals surface area contributed by atoms with E-state index in [9.17, 15) is 4.79 Å². The highest BCUT2D eigenvalue weighted by Crippen LogP contribution is 2.18. The third-order valence-electron chi connectivity index (χ3n) is 3.85. The molecule has 0 spiro atoms. The zero-order valence-electron chi connectivity index (χ0n) is 11.5. The van der Waals surface area contributed by atoms with E-state index in [1.165, 1.54) is 12.8 Å². The molecule has 1 saturated heterocycles. The number of hydrogen-bond donors (Lipinski definition) is 2. The van der Waals surface area contributed by atoms with Crippen molar-refractivity contribution in [2.45, 2.75) is 32.7 Å². The molecule has 3 nitrogen and oxygen atoms in total. The summed E-state index contributed by atoms with van der Waals surface area (Å²) >= 11 is 5.96.